The molecule has 0 unspecified atom stereocenters. The Morgan fingerprint density at radius 1 is 1.07 bits per heavy atom. The second-order valence-electron chi connectivity index (χ2n) is 7.65. The summed E-state index contributed by atoms with van der Waals surface area (Å²) in [7, 11) is 0. The van der Waals surface area contributed by atoms with Crippen molar-refractivity contribution in [1.29, 1.82) is 0 Å². The molecule has 1 aromatic carbocycles. The van der Waals surface area contributed by atoms with Crippen LogP contribution >= 0.6 is 0 Å². The first-order valence-electron chi connectivity index (χ1n) is 9.87. The zero-order valence-electron chi connectivity index (χ0n) is 16.8. The number of likely N-dealkylation sites (tertiary alicyclic amines) is 1. The van der Waals surface area contributed by atoms with Crippen molar-refractivity contribution in [3.05, 3.63) is 28.8 Å². The molecule has 0 aromatic heterocycles. The zero-order valence-corrected chi connectivity index (χ0v) is 16.8. The van der Waals surface area contributed by atoms with Crippen molar-refractivity contribution in [1.82, 2.24) is 10.2 Å². The summed E-state index contributed by atoms with van der Waals surface area (Å²) in [5, 5.41) is 2.29. The van der Waals surface area contributed by atoms with Gasteiger partial charge in [-0.25, -0.2) is 9.69 Å². The Balaban J connectivity index is 1.74. The molecule has 3 rings (SSSR count). The van der Waals surface area contributed by atoms with Gasteiger partial charge in [-0.2, -0.15) is 0 Å². The predicted octanol–water partition coefficient (Wildman–Crippen LogP) is 2.37. The van der Waals surface area contributed by atoms with Gasteiger partial charge in [0.05, 0.1) is 12.2 Å². The van der Waals surface area contributed by atoms with E-state index in [1.165, 1.54) is 25.5 Å². The minimum absolute atomic E-state index is 0.535. The minimum Gasteiger partial charge on any atom is -0.302 e. The maximum Gasteiger partial charge on any atom is 0.335 e. The van der Waals surface area contributed by atoms with Crippen LogP contribution in [0.4, 0.5) is 10.5 Å². The molecule has 1 N–H and O–H groups in total. The smallest absolute Gasteiger partial charge is 0.302 e. The van der Waals surface area contributed by atoms with Crippen LogP contribution in [-0.2, 0) is 9.59 Å². The third-order valence-electron chi connectivity index (χ3n) is 5.31. The first-order valence-corrected chi connectivity index (χ1v) is 9.87. The summed E-state index contributed by atoms with van der Waals surface area (Å²) in [5.74, 6) is -2.25. The van der Waals surface area contributed by atoms with E-state index < -0.39 is 23.8 Å². The molecule has 1 aromatic rings. The molecule has 4 amide bonds. The third kappa shape index (κ3) is 4.30. The number of aliphatic imine (C=N–C) groups is 1. The van der Waals surface area contributed by atoms with E-state index in [9.17, 15) is 14.4 Å². The van der Waals surface area contributed by atoms with Gasteiger partial charge in [-0.1, -0.05) is 24.1 Å². The van der Waals surface area contributed by atoms with Crippen LogP contribution in [-0.4, -0.2) is 55.1 Å². The molecule has 2 saturated heterocycles. The Morgan fingerprint density at radius 2 is 1.71 bits per heavy atom. The number of imide groups is 2. The quantitative estimate of drug-likeness (QED) is 0.624. The van der Waals surface area contributed by atoms with E-state index >= 15 is 0 Å². The van der Waals surface area contributed by atoms with E-state index in [2.05, 4.69) is 15.2 Å². The van der Waals surface area contributed by atoms with E-state index in [4.69, 9.17) is 0 Å². The molecule has 1 atom stereocenters. The summed E-state index contributed by atoms with van der Waals surface area (Å²) in [4.78, 5) is 45.4. The number of aryl methyl sites for hydroxylation is 3. The average molecular weight is 384 g/mol. The number of carbonyl (C=O) groups excluding carboxylic acids is 3. The van der Waals surface area contributed by atoms with E-state index in [-0.39, 0.29) is 0 Å². The lowest BCUT2D eigenvalue weighted by molar-refractivity contribution is -0.131. The standard InChI is InChI=1S/C21H28N4O3/c1-14-11-15(2)18(16(3)12-14)25-20(27)17(19(26)23-21(25)28)13-22-7-10-24-8-5-4-6-9-24/h11-13,17H,4-10H2,1-3H3,(H,23,26,28)/t17-/m0/s1. The number of nitrogens with one attached hydrogen (secondary N) is 1. The number of barbiturate groups is 1. The molecule has 0 spiro atoms. The zero-order chi connectivity index (χ0) is 20.3. The largest absolute Gasteiger partial charge is 0.335 e. The molecule has 7 heteroatoms. The fourth-order valence-corrected chi connectivity index (χ4v) is 4.02. The van der Waals surface area contributed by atoms with Crippen molar-refractivity contribution in [2.75, 3.05) is 31.1 Å². The van der Waals surface area contributed by atoms with Crippen molar-refractivity contribution in [2.24, 2.45) is 10.9 Å². The van der Waals surface area contributed by atoms with Gasteiger partial charge in [0.1, 0.15) is 0 Å². The van der Waals surface area contributed by atoms with Gasteiger partial charge in [-0.3, -0.25) is 19.9 Å². The number of hydrogen-bond donors (Lipinski definition) is 1. The fraction of sp³-hybridized carbons (Fsp3) is 0.524. The van der Waals surface area contributed by atoms with E-state index in [0.717, 1.165) is 41.2 Å². The lowest BCUT2D eigenvalue weighted by Gasteiger charge is -2.31. The van der Waals surface area contributed by atoms with Crippen molar-refractivity contribution in [3.63, 3.8) is 0 Å². The summed E-state index contributed by atoms with van der Waals surface area (Å²) < 4.78 is 0. The maximum absolute atomic E-state index is 13.0. The lowest BCUT2D eigenvalue weighted by atomic mass is 10.0. The first-order chi connectivity index (χ1) is 13.4. The molecule has 0 aliphatic carbocycles. The second kappa shape index (κ2) is 8.65. The highest BCUT2D eigenvalue weighted by atomic mass is 16.2. The number of hydrogen-bond acceptors (Lipinski definition) is 5. The first kappa shape index (κ1) is 20.2. The van der Waals surface area contributed by atoms with Gasteiger partial charge in [0, 0.05) is 12.8 Å². The molecule has 7 nitrogen and oxygen atoms in total. The SMILES string of the molecule is Cc1cc(C)c(N2C(=O)NC(=O)[C@H](C=NCCN3CCCCC3)C2=O)c(C)c1. The number of anilines is 1. The normalized spacial score (nSPS) is 21.5. The van der Waals surface area contributed by atoms with Crippen LogP contribution in [0.2, 0.25) is 0 Å². The van der Waals surface area contributed by atoms with E-state index in [1.54, 1.807) is 0 Å². The number of benzene rings is 1. The van der Waals surface area contributed by atoms with Gasteiger partial charge in [0.15, 0.2) is 5.92 Å². The molecular formula is C21H28N4O3. The number of urea groups is 1. The van der Waals surface area contributed by atoms with Crippen LogP contribution in [0.5, 0.6) is 0 Å². The van der Waals surface area contributed by atoms with Crippen molar-refractivity contribution in [2.45, 2.75) is 40.0 Å². The number of carbonyl (C=O) groups is 3. The van der Waals surface area contributed by atoms with Crippen molar-refractivity contribution < 1.29 is 14.4 Å². The van der Waals surface area contributed by atoms with Crippen molar-refractivity contribution in [3.8, 4) is 0 Å². The third-order valence-corrected chi connectivity index (χ3v) is 5.31. The van der Waals surface area contributed by atoms with Crippen LogP contribution < -0.4 is 10.2 Å². The Hall–Kier alpha value is -2.54. The molecule has 0 radical (unpaired) electrons. The van der Waals surface area contributed by atoms with E-state index in [1.807, 2.05) is 32.9 Å². The van der Waals surface area contributed by atoms with Crippen LogP contribution in [0.25, 0.3) is 0 Å². The average Bonchev–Trinajstić information content (AvgIpc) is 2.63. The number of nitrogens with zero attached hydrogens (tertiary/aromatic N) is 3. The van der Waals surface area contributed by atoms with Gasteiger partial charge >= 0.3 is 6.03 Å². The monoisotopic (exact) mass is 384 g/mol. The highest BCUT2D eigenvalue weighted by molar-refractivity contribution is 6.32. The maximum atomic E-state index is 13.0. The van der Waals surface area contributed by atoms with Gasteiger partial charge in [0.2, 0.25) is 5.91 Å². The molecule has 2 aliphatic rings. The summed E-state index contributed by atoms with van der Waals surface area (Å²) >= 11 is 0. The van der Waals surface area contributed by atoms with Crippen LogP contribution in [0.1, 0.15) is 36.0 Å². The van der Waals surface area contributed by atoms with Gasteiger partial charge in [-0.15, -0.1) is 0 Å². The molecule has 2 heterocycles. The van der Waals surface area contributed by atoms with Gasteiger partial charge < -0.3 is 4.90 Å². The van der Waals surface area contributed by atoms with Gasteiger partial charge in [0.25, 0.3) is 5.91 Å². The molecule has 28 heavy (non-hydrogen) atoms. The summed E-state index contributed by atoms with van der Waals surface area (Å²) in [6.45, 7) is 9.18. The molecular weight excluding hydrogens is 356 g/mol. The molecule has 0 saturated carbocycles. The summed E-state index contributed by atoms with van der Waals surface area (Å²) in [6.07, 6.45) is 5.08. The fourth-order valence-electron chi connectivity index (χ4n) is 4.02. The van der Waals surface area contributed by atoms with Crippen molar-refractivity contribution >= 4 is 29.7 Å². The van der Waals surface area contributed by atoms with Crippen LogP contribution in [0.15, 0.2) is 17.1 Å². The summed E-state index contributed by atoms with van der Waals surface area (Å²) in [5.41, 5.74) is 3.22. The highest BCUT2D eigenvalue weighted by Gasteiger charge is 2.41. The Morgan fingerprint density at radius 3 is 2.36 bits per heavy atom. The van der Waals surface area contributed by atoms with Crippen LogP contribution in [0, 0.1) is 26.7 Å². The lowest BCUT2D eigenvalue weighted by Crippen LogP contribution is -2.59. The molecule has 0 bridgehead atoms. The predicted molar refractivity (Wildman–Crippen MR) is 109 cm³/mol. The Kier molecular flexibility index (Phi) is 6.24. The van der Waals surface area contributed by atoms with Crippen LogP contribution in [0.3, 0.4) is 0 Å². The molecule has 2 aliphatic heterocycles. The van der Waals surface area contributed by atoms with Gasteiger partial charge in [-0.05, 0) is 57.8 Å². The number of amides is 4. The van der Waals surface area contributed by atoms with E-state index in [0.29, 0.717) is 12.2 Å². The Bertz CT molecular complexity index is 789. The summed E-state index contributed by atoms with van der Waals surface area (Å²) in [6, 6.07) is 3.13. The Labute approximate surface area is 165 Å². The molecule has 2 fully saturated rings. The molecule has 150 valence electrons. The minimum atomic E-state index is -1.08. The topological polar surface area (TPSA) is 82.1 Å². The number of rotatable bonds is 5. The second-order valence-corrected chi connectivity index (χ2v) is 7.65. The highest BCUT2D eigenvalue weighted by Crippen LogP contribution is 2.29. The number of piperidine rings is 1.